The van der Waals surface area contributed by atoms with Crippen molar-refractivity contribution in [3.05, 3.63) is 82.7 Å². The number of aliphatic hydroxyl groups is 1. The van der Waals surface area contributed by atoms with Gasteiger partial charge in [-0.25, -0.2) is 14.8 Å². The largest absolute Gasteiger partial charge is 0.508 e. The van der Waals surface area contributed by atoms with Crippen LogP contribution in [0.2, 0.25) is 0 Å². The molecule has 10 nitrogen and oxygen atoms in total. The fourth-order valence-corrected chi connectivity index (χ4v) is 5.39. The van der Waals surface area contributed by atoms with Gasteiger partial charge in [0.15, 0.2) is 0 Å². The zero-order valence-electron chi connectivity index (χ0n) is 26.9. The van der Waals surface area contributed by atoms with Gasteiger partial charge >= 0.3 is 6.09 Å². The highest BCUT2D eigenvalue weighted by Gasteiger charge is 2.53. The van der Waals surface area contributed by atoms with E-state index >= 15 is 0 Å². The standard InChI is InChI=1S/C34H44N4O6/c1-21(2)18-25(35-29(40)22-14-16-24(17-15-22)33(3,4)5)31(42)38-28-26(19-37(38)32(43)44-34(6,7)8)36(20-27(28)39)30(41)23-12-10-9-11-13-23/h9-17,21,25-26,39H,18-20H2,1-8H3,(H,35,40)/t25-,26+/m0/s1. The van der Waals surface area contributed by atoms with Gasteiger partial charge in [-0.2, -0.15) is 0 Å². The third-order valence-corrected chi connectivity index (χ3v) is 7.54. The van der Waals surface area contributed by atoms with Crippen molar-refractivity contribution < 1.29 is 29.0 Å². The topological polar surface area (TPSA) is 119 Å². The van der Waals surface area contributed by atoms with Crippen molar-refractivity contribution in [3.63, 3.8) is 0 Å². The number of hydrogen-bond acceptors (Lipinski definition) is 6. The molecular formula is C34H44N4O6. The number of fused-ring (bicyclic) bond motifs is 1. The van der Waals surface area contributed by atoms with Gasteiger partial charge in [0.25, 0.3) is 17.7 Å². The van der Waals surface area contributed by atoms with E-state index in [4.69, 9.17) is 4.74 Å². The molecule has 2 aliphatic rings. The predicted octanol–water partition coefficient (Wildman–Crippen LogP) is 5.42. The van der Waals surface area contributed by atoms with Gasteiger partial charge in [0, 0.05) is 11.1 Å². The molecule has 1 saturated heterocycles. The lowest BCUT2D eigenvalue weighted by Crippen LogP contribution is -2.54. The summed E-state index contributed by atoms with van der Waals surface area (Å²) in [6.07, 6.45) is -0.533. The average molecular weight is 605 g/mol. The van der Waals surface area contributed by atoms with Crippen LogP contribution < -0.4 is 5.32 Å². The average Bonchev–Trinajstić information content (AvgIpc) is 3.48. The van der Waals surface area contributed by atoms with Gasteiger partial charge in [-0.3, -0.25) is 14.4 Å². The minimum atomic E-state index is -1.03. The molecule has 2 aliphatic heterocycles. The number of hydrogen-bond donors (Lipinski definition) is 2. The van der Waals surface area contributed by atoms with E-state index in [-0.39, 0.29) is 48.2 Å². The maximum atomic E-state index is 14.4. The number of amides is 4. The van der Waals surface area contributed by atoms with E-state index in [2.05, 4.69) is 26.1 Å². The second kappa shape index (κ2) is 12.3. The number of benzene rings is 2. The van der Waals surface area contributed by atoms with Crippen LogP contribution in [0.1, 0.15) is 88.1 Å². The number of carbonyl (C=O) groups is 4. The Morgan fingerprint density at radius 1 is 0.932 bits per heavy atom. The number of ether oxygens (including phenoxy) is 1. The number of nitrogens with one attached hydrogen (secondary N) is 1. The van der Waals surface area contributed by atoms with Gasteiger partial charge in [0.1, 0.15) is 23.1 Å². The molecule has 2 N–H and O–H groups in total. The third kappa shape index (κ3) is 7.06. The molecule has 0 radical (unpaired) electrons. The highest BCUT2D eigenvalue weighted by molar-refractivity contribution is 5.99. The fraction of sp³-hybridized carbons (Fsp3) is 0.471. The summed E-state index contributed by atoms with van der Waals surface area (Å²) in [5.74, 6) is -1.59. The molecule has 0 aliphatic carbocycles. The Balaban J connectivity index is 1.67. The predicted molar refractivity (Wildman–Crippen MR) is 167 cm³/mol. The Hall–Kier alpha value is -4.34. The van der Waals surface area contributed by atoms with Crippen molar-refractivity contribution in [2.24, 2.45) is 5.92 Å². The van der Waals surface area contributed by atoms with Crippen LogP contribution in [0.25, 0.3) is 0 Å². The number of rotatable bonds is 6. The number of hydrazine groups is 1. The molecule has 44 heavy (non-hydrogen) atoms. The van der Waals surface area contributed by atoms with Gasteiger partial charge < -0.3 is 20.1 Å². The molecule has 0 saturated carbocycles. The summed E-state index contributed by atoms with van der Waals surface area (Å²) in [7, 11) is 0. The van der Waals surface area contributed by atoms with Crippen LogP contribution in [0.15, 0.2) is 66.1 Å². The Labute approximate surface area is 259 Å². The van der Waals surface area contributed by atoms with Crippen LogP contribution in [0.3, 0.4) is 0 Å². The first-order valence-corrected chi connectivity index (χ1v) is 15.0. The van der Waals surface area contributed by atoms with Gasteiger partial charge in [-0.15, -0.1) is 0 Å². The van der Waals surface area contributed by atoms with Crippen LogP contribution in [0.5, 0.6) is 0 Å². The van der Waals surface area contributed by atoms with E-state index in [9.17, 15) is 24.3 Å². The summed E-state index contributed by atoms with van der Waals surface area (Å²) >= 11 is 0. The normalized spacial score (nSPS) is 17.6. The molecule has 4 rings (SSSR count). The maximum absolute atomic E-state index is 14.4. The molecule has 10 heteroatoms. The Morgan fingerprint density at radius 3 is 2.09 bits per heavy atom. The van der Waals surface area contributed by atoms with Crippen LogP contribution in [0, 0.1) is 5.92 Å². The van der Waals surface area contributed by atoms with Gasteiger partial charge in [0.2, 0.25) is 0 Å². The van der Waals surface area contributed by atoms with E-state index < -0.39 is 35.6 Å². The highest BCUT2D eigenvalue weighted by Crippen LogP contribution is 2.37. The third-order valence-electron chi connectivity index (χ3n) is 7.54. The second-order valence-corrected chi connectivity index (χ2v) is 13.8. The molecule has 0 aromatic heterocycles. The lowest BCUT2D eigenvalue weighted by molar-refractivity contribution is -0.142. The molecule has 236 valence electrons. The lowest BCUT2D eigenvalue weighted by Gasteiger charge is -2.33. The number of aliphatic hydroxyl groups excluding tert-OH is 1. The van der Waals surface area contributed by atoms with Gasteiger partial charge in [-0.1, -0.05) is 65.0 Å². The summed E-state index contributed by atoms with van der Waals surface area (Å²) in [6, 6.07) is 14.0. The van der Waals surface area contributed by atoms with Crippen molar-refractivity contribution in [1.82, 2.24) is 20.2 Å². The SMILES string of the molecule is CC(C)C[C@H](NC(=O)c1ccc(C(C)(C)C)cc1)C(=O)N1C2=C(O)CN(C(=O)c3ccccc3)[C@@H]2CN1C(=O)OC(C)(C)C. The van der Waals surface area contributed by atoms with Crippen molar-refractivity contribution in [2.75, 3.05) is 13.1 Å². The molecule has 2 aromatic carbocycles. The quantitative estimate of drug-likeness (QED) is 0.455. The first kappa shape index (κ1) is 32.6. The second-order valence-electron chi connectivity index (χ2n) is 13.8. The van der Waals surface area contributed by atoms with E-state index in [1.165, 1.54) is 4.90 Å². The van der Waals surface area contributed by atoms with Crippen molar-refractivity contribution in [1.29, 1.82) is 0 Å². The summed E-state index contributed by atoms with van der Waals surface area (Å²) in [5.41, 5.74) is 1.04. The maximum Gasteiger partial charge on any atom is 0.429 e. The van der Waals surface area contributed by atoms with E-state index in [1.807, 2.05) is 26.0 Å². The zero-order chi connectivity index (χ0) is 32.6. The lowest BCUT2D eigenvalue weighted by atomic mass is 9.86. The highest BCUT2D eigenvalue weighted by atomic mass is 16.6. The molecule has 1 fully saturated rings. The molecule has 0 spiro atoms. The van der Waals surface area contributed by atoms with Crippen LogP contribution in [0.4, 0.5) is 4.79 Å². The fourth-order valence-electron chi connectivity index (χ4n) is 5.39. The van der Waals surface area contributed by atoms with E-state index in [1.54, 1.807) is 63.2 Å². The van der Waals surface area contributed by atoms with Crippen molar-refractivity contribution in [3.8, 4) is 0 Å². The summed E-state index contributed by atoms with van der Waals surface area (Å²) < 4.78 is 5.63. The van der Waals surface area contributed by atoms with Crippen LogP contribution >= 0.6 is 0 Å². The first-order chi connectivity index (χ1) is 20.5. The minimum absolute atomic E-state index is 0.00297. The molecule has 0 bridgehead atoms. The number of carbonyl (C=O) groups excluding carboxylic acids is 4. The zero-order valence-corrected chi connectivity index (χ0v) is 26.9. The van der Waals surface area contributed by atoms with Crippen LogP contribution in [-0.2, 0) is 14.9 Å². The molecule has 0 unspecified atom stereocenters. The van der Waals surface area contributed by atoms with Crippen molar-refractivity contribution in [2.45, 2.75) is 84.9 Å². The first-order valence-electron chi connectivity index (χ1n) is 15.0. The summed E-state index contributed by atoms with van der Waals surface area (Å²) in [4.78, 5) is 56.2. The summed E-state index contributed by atoms with van der Waals surface area (Å²) in [5, 5.41) is 16.2. The molecular weight excluding hydrogens is 560 g/mol. The van der Waals surface area contributed by atoms with Crippen molar-refractivity contribution >= 4 is 23.8 Å². The van der Waals surface area contributed by atoms with Gasteiger partial charge in [0.05, 0.1) is 19.1 Å². The minimum Gasteiger partial charge on any atom is -0.508 e. The van der Waals surface area contributed by atoms with Crippen LogP contribution in [-0.4, -0.2) is 74.6 Å². The molecule has 2 atom stereocenters. The summed E-state index contributed by atoms with van der Waals surface area (Å²) in [6.45, 7) is 15.0. The van der Waals surface area contributed by atoms with E-state index in [0.29, 0.717) is 11.1 Å². The molecule has 2 heterocycles. The molecule has 4 amide bonds. The Kier molecular flexibility index (Phi) is 9.13. The monoisotopic (exact) mass is 604 g/mol. The Bertz CT molecular complexity index is 1440. The smallest absolute Gasteiger partial charge is 0.429 e. The number of nitrogens with zero attached hydrogens (tertiary/aromatic N) is 3. The Morgan fingerprint density at radius 2 is 1.55 bits per heavy atom. The van der Waals surface area contributed by atoms with E-state index in [0.717, 1.165) is 15.6 Å². The molecule has 2 aromatic rings. The van der Waals surface area contributed by atoms with Gasteiger partial charge in [-0.05, 0) is 68.4 Å².